The molecule has 2 aliphatic rings. The number of aromatic nitrogens is 2. The first-order valence-corrected chi connectivity index (χ1v) is 21.7. The minimum Gasteiger partial charge on any atom is -0.528 e. The van der Waals surface area contributed by atoms with Crippen molar-refractivity contribution in [2.45, 2.75) is 36.2 Å². The van der Waals surface area contributed by atoms with Crippen molar-refractivity contribution in [3.63, 3.8) is 0 Å². The van der Waals surface area contributed by atoms with Crippen LogP contribution in [0.2, 0.25) is 17.3 Å². The Morgan fingerprint density at radius 1 is 0.814 bits per heavy atom. The van der Waals surface area contributed by atoms with Crippen LogP contribution in [-0.4, -0.2) is 29.3 Å². The molecule has 2 atom stereocenters. The van der Waals surface area contributed by atoms with E-state index in [9.17, 15) is 0 Å². The second-order valence-electron chi connectivity index (χ2n) is 11.7. The van der Waals surface area contributed by atoms with Crippen molar-refractivity contribution in [1.82, 2.24) is 9.97 Å². The molecule has 1 aliphatic carbocycles. The zero-order valence-electron chi connectivity index (χ0n) is 24.8. The third-order valence-electron chi connectivity index (χ3n) is 7.74. The van der Waals surface area contributed by atoms with E-state index in [0.29, 0.717) is 0 Å². The molecule has 0 saturated carbocycles. The standard InChI is InChI=1S/C23H16NO.C15H18GeN.Ir/c1-2-8-16(9-3-1)17-10-6-11-18-19-12-7-13-20(23(19)25-22(17)18)21-14-4-5-15-24-21;1-12-10-15(13-8-6-5-7-9-13)17-11-14(12)16(2,3)4;/h1-12,14-15,18,22H;5-8,10-11H,1-4H3;/q2*-1;. The number of pyridine rings is 2. The molecule has 43 heavy (non-hydrogen) atoms. The monoisotopic (exact) mass is 801 g/mol. The first-order valence-electron chi connectivity index (χ1n) is 14.4. The number of nitrogens with zero attached hydrogens (tertiary/aromatic N) is 2. The first-order chi connectivity index (χ1) is 20.4. The Balaban J connectivity index is 0.000000180. The predicted octanol–water partition coefficient (Wildman–Crippen LogP) is 8.45. The summed E-state index contributed by atoms with van der Waals surface area (Å²) < 4.78 is 7.96. The molecule has 3 aromatic carbocycles. The summed E-state index contributed by atoms with van der Waals surface area (Å²) in [6.07, 6.45) is 10.4. The van der Waals surface area contributed by atoms with Crippen molar-refractivity contribution >= 4 is 23.2 Å². The second kappa shape index (κ2) is 13.4. The normalized spacial score (nSPS) is 16.4. The summed E-state index contributed by atoms with van der Waals surface area (Å²) in [6.45, 7) is 2.19. The molecule has 2 unspecified atom stereocenters. The zero-order chi connectivity index (χ0) is 29.1. The fourth-order valence-corrected chi connectivity index (χ4v) is 9.30. The molecule has 5 aromatic rings. The van der Waals surface area contributed by atoms with Gasteiger partial charge in [0.15, 0.2) is 0 Å². The van der Waals surface area contributed by atoms with E-state index >= 15 is 0 Å². The largest absolute Gasteiger partial charge is 0.528 e. The maximum Gasteiger partial charge on any atom is 0.121 e. The third-order valence-corrected chi connectivity index (χ3v) is 12.2. The van der Waals surface area contributed by atoms with Gasteiger partial charge in [0.1, 0.15) is 6.10 Å². The minimum absolute atomic E-state index is 0. The molecule has 1 aliphatic heterocycles. The number of fused-ring (bicyclic) bond motifs is 3. The first kappa shape index (κ1) is 30.9. The smallest absolute Gasteiger partial charge is 0.121 e. The van der Waals surface area contributed by atoms with E-state index in [1.54, 1.807) is 6.20 Å². The number of rotatable bonds is 4. The van der Waals surface area contributed by atoms with E-state index in [1.807, 2.05) is 48.5 Å². The van der Waals surface area contributed by atoms with Gasteiger partial charge in [-0.1, -0.05) is 71.8 Å². The van der Waals surface area contributed by atoms with Gasteiger partial charge in [-0.2, -0.15) is 0 Å². The molecule has 0 N–H and O–H groups in total. The molecule has 3 nitrogen and oxygen atoms in total. The van der Waals surface area contributed by atoms with Crippen LogP contribution in [0, 0.1) is 19.1 Å². The van der Waals surface area contributed by atoms with E-state index in [4.69, 9.17) is 4.74 Å². The Morgan fingerprint density at radius 3 is 2.30 bits per heavy atom. The topological polar surface area (TPSA) is 35.0 Å². The van der Waals surface area contributed by atoms with Crippen molar-refractivity contribution in [2.24, 2.45) is 0 Å². The van der Waals surface area contributed by atoms with Crippen LogP contribution < -0.4 is 9.13 Å². The number of aryl methyl sites for hydroxylation is 1. The van der Waals surface area contributed by atoms with Crippen LogP contribution in [0.25, 0.3) is 28.1 Å². The average molecular weight is 800 g/mol. The van der Waals surface area contributed by atoms with Crippen LogP contribution in [0.4, 0.5) is 0 Å². The fraction of sp³-hybridized carbons (Fsp3) is 0.158. The van der Waals surface area contributed by atoms with Gasteiger partial charge in [-0.05, 0) is 22.9 Å². The average Bonchev–Trinajstić information content (AvgIpc) is 3.41. The van der Waals surface area contributed by atoms with Gasteiger partial charge in [-0.25, -0.2) is 0 Å². The van der Waals surface area contributed by atoms with Gasteiger partial charge in [-0.3, -0.25) is 0 Å². The van der Waals surface area contributed by atoms with Gasteiger partial charge in [0.25, 0.3) is 0 Å². The zero-order valence-corrected chi connectivity index (χ0v) is 29.3. The number of benzene rings is 3. The Labute approximate surface area is 271 Å². The van der Waals surface area contributed by atoms with Crippen molar-refractivity contribution in [3.8, 4) is 28.3 Å². The molecule has 0 bridgehead atoms. The van der Waals surface area contributed by atoms with Gasteiger partial charge < -0.3 is 9.72 Å². The van der Waals surface area contributed by atoms with Gasteiger partial charge in [0.05, 0.1) is 0 Å². The Kier molecular flexibility index (Phi) is 9.61. The molecule has 0 amide bonds. The van der Waals surface area contributed by atoms with Crippen LogP contribution in [0.15, 0.2) is 122 Å². The van der Waals surface area contributed by atoms with Crippen molar-refractivity contribution in [3.05, 3.63) is 150 Å². The summed E-state index contributed by atoms with van der Waals surface area (Å²) in [5, 5.41) is 0. The predicted molar refractivity (Wildman–Crippen MR) is 175 cm³/mol. The molecule has 0 fully saturated rings. The van der Waals surface area contributed by atoms with Gasteiger partial charge in [0, 0.05) is 38.0 Å². The Morgan fingerprint density at radius 2 is 1.60 bits per heavy atom. The molecule has 3 heterocycles. The third kappa shape index (κ3) is 6.67. The van der Waals surface area contributed by atoms with Crippen LogP contribution >= 0.6 is 0 Å². The van der Waals surface area contributed by atoms with E-state index in [1.165, 1.54) is 26.7 Å². The minimum atomic E-state index is -1.77. The summed E-state index contributed by atoms with van der Waals surface area (Å²) in [6, 6.07) is 37.2. The van der Waals surface area contributed by atoms with Crippen LogP contribution in [-0.2, 0) is 20.1 Å². The SMILES string of the molecule is Cc1cc(-c2[c-]cccc2)nc[c]1[Ge]([CH3])([CH3])[CH3].[Ir].[c-]1ccc2c(c1-c1ccccn1)OC1C(c3ccccc3)=CC=CC21. The molecule has 1 radical (unpaired) electrons. The molecular formula is C38H34GeIrN2O-2. The summed E-state index contributed by atoms with van der Waals surface area (Å²) in [5.74, 6) is 8.34. The molecule has 0 spiro atoms. The van der Waals surface area contributed by atoms with E-state index < -0.39 is 13.3 Å². The molecule has 2 aromatic heterocycles. The van der Waals surface area contributed by atoms with E-state index in [-0.39, 0.29) is 32.1 Å². The fourth-order valence-electron chi connectivity index (χ4n) is 5.72. The van der Waals surface area contributed by atoms with E-state index in [0.717, 1.165) is 28.3 Å². The van der Waals surface area contributed by atoms with Gasteiger partial charge in [-0.15, -0.1) is 18.2 Å². The molecule has 217 valence electrons. The van der Waals surface area contributed by atoms with Crippen molar-refractivity contribution < 1.29 is 24.8 Å². The number of ether oxygens (including phenoxy) is 1. The quantitative estimate of drug-likeness (QED) is 0.135. The second-order valence-corrected chi connectivity index (χ2v) is 22.3. The van der Waals surface area contributed by atoms with E-state index in [2.05, 4.69) is 113 Å². The summed E-state index contributed by atoms with van der Waals surface area (Å²) in [5.41, 5.74) is 8.94. The molecule has 5 heteroatoms. The van der Waals surface area contributed by atoms with Crippen LogP contribution in [0.3, 0.4) is 0 Å². The van der Waals surface area contributed by atoms with Gasteiger partial charge >= 0.3 is 106 Å². The number of hydrogen-bond donors (Lipinski definition) is 0. The molecule has 0 saturated heterocycles. The maximum absolute atomic E-state index is 6.47. The summed E-state index contributed by atoms with van der Waals surface area (Å²) in [7, 11) is 0. The molecular weight excluding hydrogens is 765 g/mol. The van der Waals surface area contributed by atoms with Crippen LogP contribution in [0.1, 0.15) is 22.6 Å². The molecule has 7 rings (SSSR count). The van der Waals surface area contributed by atoms with Crippen LogP contribution in [0.5, 0.6) is 5.75 Å². The number of allylic oxidation sites excluding steroid dienone is 2. The van der Waals surface area contributed by atoms with Gasteiger partial charge in [0.2, 0.25) is 0 Å². The van der Waals surface area contributed by atoms with Crippen molar-refractivity contribution in [1.29, 1.82) is 0 Å². The van der Waals surface area contributed by atoms with Crippen molar-refractivity contribution in [2.75, 3.05) is 0 Å². The Bertz CT molecular complexity index is 1750. The summed E-state index contributed by atoms with van der Waals surface area (Å²) >= 11 is -1.77. The summed E-state index contributed by atoms with van der Waals surface area (Å²) in [4.78, 5) is 9.07. The number of hydrogen-bond acceptors (Lipinski definition) is 3. The maximum atomic E-state index is 6.47. The Hall–Kier alpha value is -3.57.